The molecule has 0 unspecified atom stereocenters. The maximum Gasteiger partial charge on any atom is 0.255 e. The summed E-state index contributed by atoms with van der Waals surface area (Å²) in [6.45, 7) is 5.56. The van der Waals surface area contributed by atoms with E-state index in [0.717, 1.165) is 5.56 Å². The Bertz CT molecular complexity index is 598. The number of carbonyl (C=O) groups is 1. The molecule has 0 aliphatic carbocycles. The zero-order valence-corrected chi connectivity index (χ0v) is 12.1. The minimum Gasteiger partial charge on any atom is -0.334 e. The number of carbonyl (C=O) groups excluding carboxylic acids is 1. The molecule has 5 nitrogen and oxygen atoms in total. The predicted octanol–water partition coefficient (Wildman–Crippen LogP) is 1.04. The number of rotatable bonds is 1. The molecule has 0 radical (unpaired) electrons. The van der Waals surface area contributed by atoms with E-state index >= 15 is 0 Å². The van der Waals surface area contributed by atoms with Crippen LogP contribution in [0.2, 0.25) is 0 Å². The molecule has 2 heterocycles. The van der Waals surface area contributed by atoms with Crippen molar-refractivity contribution < 1.29 is 13.2 Å². The van der Waals surface area contributed by atoms with Gasteiger partial charge in [0.2, 0.25) is 0 Å². The Balaban J connectivity index is 2.26. The highest BCUT2D eigenvalue weighted by atomic mass is 32.2. The lowest BCUT2D eigenvalue weighted by Gasteiger charge is -2.37. The summed E-state index contributed by atoms with van der Waals surface area (Å²) < 4.78 is 23.6. The van der Waals surface area contributed by atoms with E-state index < -0.39 is 15.1 Å². The first-order chi connectivity index (χ1) is 8.83. The van der Waals surface area contributed by atoms with Crippen molar-refractivity contribution >= 4 is 15.7 Å². The number of aromatic nitrogens is 1. The largest absolute Gasteiger partial charge is 0.334 e. The molecule has 1 fully saturated rings. The minimum absolute atomic E-state index is 0.0312. The van der Waals surface area contributed by atoms with Crippen LogP contribution in [-0.4, -0.2) is 47.8 Å². The Morgan fingerprint density at radius 2 is 2.05 bits per heavy atom. The van der Waals surface area contributed by atoms with E-state index in [1.54, 1.807) is 31.0 Å². The van der Waals surface area contributed by atoms with Gasteiger partial charge in [-0.25, -0.2) is 8.42 Å². The van der Waals surface area contributed by atoms with Gasteiger partial charge in [-0.05, 0) is 32.4 Å². The van der Waals surface area contributed by atoms with Crippen molar-refractivity contribution in [2.45, 2.75) is 32.1 Å². The van der Waals surface area contributed by atoms with Gasteiger partial charge in [0.15, 0.2) is 9.84 Å². The first-order valence-electron chi connectivity index (χ1n) is 6.27. The molecule has 1 amide bonds. The standard InChI is InChI=1S/C13H18N2O3S/c1-9-6-12(8-14-7-9)13(16)15-4-5-19(17,18)11(3)10(15)2/h6-8,10-11H,4-5H2,1-3H3/t10-,11-/m1/s1. The van der Waals surface area contributed by atoms with Gasteiger partial charge in [0.05, 0.1) is 16.6 Å². The lowest BCUT2D eigenvalue weighted by Crippen LogP contribution is -2.54. The number of nitrogens with zero attached hydrogens (tertiary/aromatic N) is 2. The monoisotopic (exact) mass is 282 g/mol. The average Bonchev–Trinajstić information content (AvgIpc) is 2.36. The van der Waals surface area contributed by atoms with Crippen molar-refractivity contribution in [3.05, 3.63) is 29.6 Å². The second-order valence-electron chi connectivity index (χ2n) is 5.06. The van der Waals surface area contributed by atoms with E-state index in [9.17, 15) is 13.2 Å². The summed E-state index contributed by atoms with van der Waals surface area (Å²) >= 11 is 0. The van der Waals surface area contributed by atoms with Crippen LogP contribution in [0.1, 0.15) is 29.8 Å². The fourth-order valence-corrected chi connectivity index (χ4v) is 3.86. The number of sulfone groups is 1. The molecule has 2 atom stereocenters. The summed E-state index contributed by atoms with van der Waals surface area (Å²) in [6, 6.07) is 1.46. The fourth-order valence-electron chi connectivity index (χ4n) is 2.29. The fraction of sp³-hybridized carbons (Fsp3) is 0.538. The van der Waals surface area contributed by atoms with Crippen LogP contribution >= 0.6 is 0 Å². The summed E-state index contributed by atoms with van der Waals surface area (Å²) in [5, 5.41) is -0.525. The molecule has 1 aromatic heterocycles. The Kier molecular flexibility index (Phi) is 3.62. The van der Waals surface area contributed by atoms with Crippen LogP contribution < -0.4 is 0 Å². The van der Waals surface area contributed by atoms with Gasteiger partial charge in [0.25, 0.3) is 5.91 Å². The number of pyridine rings is 1. The molecule has 1 aliphatic heterocycles. The van der Waals surface area contributed by atoms with E-state index in [1.807, 2.05) is 6.92 Å². The van der Waals surface area contributed by atoms with Crippen LogP contribution in [0.3, 0.4) is 0 Å². The van der Waals surface area contributed by atoms with E-state index in [0.29, 0.717) is 5.56 Å². The lowest BCUT2D eigenvalue weighted by atomic mass is 10.1. The third-order valence-electron chi connectivity index (χ3n) is 3.74. The Labute approximate surface area is 113 Å². The molecule has 1 aromatic rings. The summed E-state index contributed by atoms with van der Waals surface area (Å²) in [7, 11) is -3.08. The second-order valence-corrected chi connectivity index (χ2v) is 7.54. The molecule has 0 saturated carbocycles. The van der Waals surface area contributed by atoms with Gasteiger partial charge in [-0.15, -0.1) is 0 Å². The zero-order chi connectivity index (χ0) is 14.2. The normalized spacial score (nSPS) is 26.2. The number of aryl methyl sites for hydroxylation is 1. The molecule has 19 heavy (non-hydrogen) atoms. The van der Waals surface area contributed by atoms with Gasteiger partial charge in [0, 0.05) is 25.0 Å². The Morgan fingerprint density at radius 3 is 2.68 bits per heavy atom. The predicted molar refractivity (Wildman–Crippen MR) is 72.7 cm³/mol. The first-order valence-corrected chi connectivity index (χ1v) is 7.98. The lowest BCUT2D eigenvalue weighted by molar-refractivity contribution is 0.0692. The van der Waals surface area contributed by atoms with Gasteiger partial charge in [-0.1, -0.05) is 0 Å². The van der Waals surface area contributed by atoms with Gasteiger partial charge < -0.3 is 4.90 Å². The highest BCUT2D eigenvalue weighted by Crippen LogP contribution is 2.21. The highest BCUT2D eigenvalue weighted by molar-refractivity contribution is 7.92. The van der Waals surface area contributed by atoms with Gasteiger partial charge >= 0.3 is 0 Å². The van der Waals surface area contributed by atoms with Gasteiger partial charge in [-0.2, -0.15) is 0 Å². The molecule has 0 aromatic carbocycles. The molecule has 0 spiro atoms. The maximum absolute atomic E-state index is 12.4. The van der Waals surface area contributed by atoms with Crippen LogP contribution in [0.15, 0.2) is 18.5 Å². The van der Waals surface area contributed by atoms with Crippen molar-refractivity contribution in [1.29, 1.82) is 0 Å². The smallest absolute Gasteiger partial charge is 0.255 e. The van der Waals surface area contributed by atoms with Crippen molar-refractivity contribution in [3.63, 3.8) is 0 Å². The molecule has 6 heteroatoms. The molecule has 0 N–H and O–H groups in total. The van der Waals surface area contributed by atoms with Crippen LogP contribution in [-0.2, 0) is 9.84 Å². The summed E-state index contributed by atoms with van der Waals surface area (Å²) in [5.41, 5.74) is 1.43. The van der Waals surface area contributed by atoms with Crippen LogP contribution in [0, 0.1) is 6.92 Å². The number of hydrogen-bond acceptors (Lipinski definition) is 4. The van der Waals surface area contributed by atoms with Gasteiger partial charge in [-0.3, -0.25) is 9.78 Å². The van der Waals surface area contributed by atoms with E-state index in [-0.39, 0.29) is 24.2 Å². The molecule has 104 valence electrons. The Morgan fingerprint density at radius 1 is 1.37 bits per heavy atom. The highest BCUT2D eigenvalue weighted by Gasteiger charge is 2.38. The molecule has 1 aliphatic rings. The molecular formula is C13H18N2O3S. The minimum atomic E-state index is -3.08. The summed E-state index contributed by atoms with van der Waals surface area (Å²) in [6.07, 6.45) is 3.21. The third-order valence-corrected chi connectivity index (χ3v) is 6.02. The number of hydrogen-bond donors (Lipinski definition) is 0. The van der Waals surface area contributed by atoms with Crippen molar-refractivity contribution in [1.82, 2.24) is 9.88 Å². The zero-order valence-electron chi connectivity index (χ0n) is 11.3. The summed E-state index contributed by atoms with van der Waals surface area (Å²) in [4.78, 5) is 18.0. The van der Waals surface area contributed by atoms with E-state index in [2.05, 4.69) is 4.98 Å². The SMILES string of the molecule is Cc1cncc(C(=O)N2CCS(=O)(=O)[C@H](C)[C@H]2C)c1. The van der Waals surface area contributed by atoms with Crippen molar-refractivity contribution in [2.24, 2.45) is 0 Å². The molecule has 2 rings (SSSR count). The number of amides is 1. The topological polar surface area (TPSA) is 67.3 Å². The summed E-state index contributed by atoms with van der Waals surface area (Å²) in [5.74, 6) is -0.116. The molecular weight excluding hydrogens is 264 g/mol. The average molecular weight is 282 g/mol. The molecule has 1 saturated heterocycles. The van der Waals surface area contributed by atoms with Crippen LogP contribution in [0.5, 0.6) is 0 Å². The van der Waals surface area contributed by atoms with Crippen molar-refractivity contribution in [3.8, 4) is 0 Å². The van der Waals surface area contributed by atoms with Gasteiger partial charge in [0.1, 0.15) is 0 Å². The van der Waals surface area contributed by atoms with E-state index in [1.165, 1.54) is 6.20 Å². The van der Waals surface area contributed by atoms with E-state index in [4.69, 9.17) is 0 Å². The maximum atomic E-state index is 12.4. The second kappa shape index (κ2) is 4.92. The quantitative estimate of drug-likeness (QED) is 0.772. The van der Waals surface area contributed by atoms with Crippen LogP contribution in [0.25, 0.3) is 0 Å². The van der Waals surface area contributed by atoms with Crippen LogP contribution in [0.4, 0.5) is 0 Å². The molecule has 0 bridgehead atoms. The third kappa shape index (κ3) is 2.63. The van der Waals surface area contributed by atoms with Crippen molar-refractivity contribution in [2.75, 3.05) is 12.3 Å². The Hall–Kier alpha value is -1.43. The first kappa shape index (κ1) is 14.0.